The average molecular weight is 260 g/mol. The number of hydrogen-bond acceptors (Lipinski definition) is 2. The maximum atomic E-state index is 11.4. The molecule has 0 aliphatic heterocycles. The molecule has 0 radical (unpaired) electrons. The third kappa shape index (κ3) is 1.52. The molecule has 2 aromatic carbocycles. The molecule has 1 aromatic heterocycles. The summed E-state index contributed by atoms with van der Waals surface area (Å²) in [5.41, 5.74) is 2.06. The van der Waals surface area contributed by atoms with Crippen LogP contribution in [0.2, 0.25) is 0 Å². The number of benzene rings is 2. The highest BCUT2D eigenvalue weighted by Crippen LogP contribution is 2.29. The standard InChI is InChI=1S/C13H12N2O2S/c1-15-12-5-3-2-4-10(12)11-8-9(18(14,16)17)6-7-13(11)15/h2-8H,1H3,(H2,14,16,17). The quantitative estimate of drug-likeness (QED) is 0.727. The van der Waals surface area contributed by atoms with E-state index in [2.05, 4.69) is 0 Å². The van der Waals surface area contributed by atoms with Crippen LogP contribution in [0.5, 0.6) is 0 Å². The van der Waals surface area contributed by atoms with Gasteiger partial charge in [0.2, 0.25) is 10.0 Å². The Morgan fingerprint density at radius 3 is 2.39 bits per heavy atom. The first kappa shape index (κ1) is 11.3. The molecule has 0 aliphatic carbocycles. The zero-order chi connectivity index (χ0) is 12.9. The zero-order valence-corrected chi connectivity index (χ0v) is 10.6. The molecule has 92 valence electrons. The van der Waals surface area contributed by atoms with Crippen LogP contribution in [-0.2, 0) is 17.1 Å². The molecule has 0 amide bonds. The van der Waals surface area contributed by atoms with E-state index in [1.165, 1.54) is 6.07 Å². The molecule has 3 aromatic rings. The van der Waals surface area contributed by atoms with Crippen LogP contribution in [0.15, 0.2) is 47.4 Å². The number of hydrogen-bond donors (Lipinski definition) is 1. The van der Waals surface area contributed by atoms with Crippen LogP contribution < -0.4 is 5.14 Å². The van der Waals surface area contributed by atoms with Gasteiger partial charge in [0.1, 0.15) is 0 Å². The molecule has 0 spiro atoms. The minimum Gasteiger partial charge on any atom is -0.344 e. The fourth-order valence-corrected chi connectivity index (χ4v) is 2.86. The molecule has 0 fully saturated rings. The summed E-state index contributed by atoms with van der Waals surface area (Å²) in [4.78, 5) is 0.145. The van der Waals surface area contributed by atoms with E-state index in [1.54, 1.807) is 12.1 Å². The van der Waals surface area contributed by atoms with Gasteiger partial charge in [0.15, 0.2) is 0 Å². The van der Waals surface area contributed by atoms with Crippen molar-refractivity contribution >= 4 is 31.8 Å². The Hall–Kier alpha value is -1.85. The fraction of sp³-hybridized carbons (Fsp3) is 0.0769. The molecule has 4 nitrogen and oxygen atoms in total. The number of fused-ring (bicyclic) bond motifs is 3. The first-order valence-corrected chi connectivity index (χ1v) is 7.03. The van der Waals surface area contributed by atoms with Crippen LogP contribution in [-0.4, -0.2) is 13.0 Å². The predicted molar refractivity (Wildman–Crippen MR) is 71.8 cm³/mol. The molecule has 18 heavy (non-hydrogen) atoms. The van der Waals surface area contributed by atoms with Crippen molar-refractivity contribution in [2.24, 2.45) is 12.2 Å². The second-order valence-electron chi connectivity index (χ2n) is 4.30. The third-order valence-electron chi connectivity index (χ3n) is 3.21. The van der Waals surface area contributed by atoms with E-state index in [1.807, 2.05) is 35.9 Å². The molecule has 0 atom stereocenters. The number of para-hydroxylation sites is 1. The first-order chi connectivity index (χ1) is 8.48. The van der Waals surface area contributed by atoms with E-state index in [9.17, 15) is 8.42 Å². The van der Waals surface area contributed by atoms with Crippen LogP contribution >= 0.6 is 0 Å². The monoisotopic (exact) mass is 260 g/mol. The fourth-order valence-electron chi connectivity index (χ4n) is 2.32. The van der Waals surface area contributed by atoms with E-state index in [0.717, 1.165) is 21.8 Å². The van der Waals surface area contributed by atoms with Gasteiger partial charge in [-0.15, -0.1) is 0 Å². The maximum Gasteiger partial charge on any atom is 0.238 e. The largest absolute Gasteiger partial charge is 0.344 e. The van der Waals surface area contributed by atoms with E-state index in [-0.39, 0.29) is 4.90 Å². The summed E-state index contributed by atoms with van der Waals surface area (Å²) in [7, 11) is -1.70. The lowest BCUT2D eigenvalue weighted by Gasteiger charge is -2.00. The second-order valence-corrected chi connectivity index (χ2v) is 5.86. The smallest absolute Gasteiger partial charge is 0.238 e. The minimum atomic E-state index is -3.66. The number of aromatic nitrogens is 1. The SMILES string of the molecule is Cn1c2ccccc2c2cc(S(N)(=O)=O)ccc21. The summed E-state index contributed by atoms with van der Waals surface area (Å²) in [5.74, 6) is 0. The Morgan fingerprint density at radius 2 is 1.67 bits per heavy atom. The lowest BCUT2D eigenvalue weighted by atomic mass is 10.1. The van der Waals surface area contributed by atoms with Crippen LogP contribution in [0.4, 0.5) is 0 Å². The van der Waals surface area contributed by atoms with Gasteiger partial charge in [0, 0.05) is 28.9 Å². The summed E-state index contributed by atoms with van der Waals surface area (Å²) < 4.78 is 24.8. The normalized spacial score (nSPS) is 12.3. The third-order valence-corrected chi connectivity index (χ3v) is 4.12. The van der Waals surface area contributed by atoms with Crippen LogP contribution in [0.1, 0.15) is 0 Å². The molecular weight excluding hydrogens is 248 g/mol. The number of primary sulfonamides is 1. The summed E-state index contributed by atoms with van der Waals surface area (Å²) in [5, 5.41) is 7.09. The van der Waals surface area contributed by atoms with Gasteiger partial charge in [-0.25, -0.2) is 13.6 Å². The number of aryl methyl sites for hydroxylation is 1. The molecule has 5 heteroatoms. The van der Waals surface area contributed by atoms with E-state index >= 15 is 0 Å². The summed E-state index contributed by atoms with van der Waals surface area (Å²) in [6.07, 6.45) is 0. The average Bonchev–Trinajstić information content (AvgIpc) is 2.63. The molecule has 2 N–H and O–H groups in total. The highest BCUT2D eigenvalue weighted by Gasteiger charge is 2.12. The predicted octanol–water partition coefficient (Wildman–Crippen LogP) is 1.98. The number of nitrogens with two attached hydrogens (primary N) is 1. The van der Waals surface area contributed by atoms with Gasteiger partial charge in [-0.05, 0) is 24.3 Å². The van der Waals surface area contributed by atoms with Crippen molar-refractivity contribution in [2.75, 3.05) is 0 Å². The second kappa shape index (κ2) is 3.57. The first-order valence-electron chi connectivity index (χ1n) is 5.48. The highest BCUT2D eigenvalue weighted by atomic mass is 32.2. The van der Waals surface area contributed by atoms with Gasteiger partial charge in [-0.1, -0.05) is 18.2 Å². The zero-order valence-electron chi connectivity index (χ0n) is 9.79. The minimum absolute atomic E-state index is 0.145. The van der Waals surface area contributed by atoms with E-state index < -0.39 is 10.0 Å². The van der Waals surface area contributed by atoms with Gasteiger partial charge in [0.05, 0.1) is 4.90 Å². The van der Waals surface area contributed by atoms with Crippen molar-refractivity contribution in [3.63, 3.8) is 0 Å². The lowest BCUT2D eigenvalue weighted by Crippen LogP contribution is -2.11. The molecule has 3 rings (SSSR count). The number of rotatable bonds is 1. The Labute approximate surface area is 105 Å². The van der Waals surface area contributed by atoms with Gasteiger partial charge in [-0.2, -0.15) is 0 Å². The molecule has 0 unspecified atom stereocenters. The molecule has 0 saturated carbocycles. The number of nitrogens with zero attached hydrogens (tertiary/aromatic N) is 1. The molecular formula is C13H12N2O2S. The van der Waals surface area contributed by atoms with Crippen molar-refractivity contribution in [3.05, 3.63) is 42.5 Å². The Morgan fingerprint density at radius 1 is 1.00 bits per heavy atom. The van der Waals surface area contributed by atoms with Crippen molar-refractivity contribution in [1.29, 1.82) is 0 Å². The van der Waals surface area contributed by atoms with Crippen molar-refractivity contribution in [3.8, 4) is 0 Å². The Bertz CT molecular complexity index is 863. The van der Waals surface area contributed by atoms with Gasteiger partial charge < -0.3 is 4.57 Å². The summed E-state index contributed by atoms with van der Waals surface area (Å²) in [6, 6.07) is 12.8. The van der Waals surface area contributed by atoms with Gasteiger partial charge in [0.25, 0.3) is 0 Å². The van der Waals surface area contributed by atoms with Crippen molar-refractivity contribution in [1.82, 2.24) is 4.57 Å². The molecule has 0 saturated heterocycles. The molecule has 0 bridgehead atoms. The van der Waals surface area contributed by atoms with E-state index in [0.29, 0.717) is 0 Å². The van der Waals surface area contributed by atoms with Crippen LogP contribution in [0.25, 0.3) is 21.8 Å². The molecule has 1 heterocycles. The number of sulfonamides is 1. The lowest BCUT2D eigenvalue weighted by molar-refractivity contribution is 0.598. The topological polar surface area (TPSA) is 65.1 Å². The van der Waals surface area contributed by atoms with E-state index in [4.69, 9.17) is 5.14 Å². The summed E-state index contributed by atoms with van der Waals surface area (Å²) in [6.45, 7) is 0. The van der Waals surface area contributed by atoms with Crippen LogP contribution in [0, 0.1) is 0 Å². The van der Waals surface area contributed by atoms with Crippen molar-refractivity contribution < 1.29 is 8.42 Å². The van der Waals surface area contributed by atoms with Crippen LogP contribution in [0.3, 0.4) is 0 Å². The van der Waals surface area contributed by atoms with Gasteiger partial charge >= 0.3 is 0 Å². The van der Waals surface area contributed by atoms with Gasteiger partial charge in [-0.3, -0.25) is 0 Å². The summed E-state index contributed by atoms with van der Waals surface area (Å²) >= 11 is 0. The maximum absolute atomic E-state index is 11.4. The highest BCUT2D eigenvalue weighted by molar-refractivity contribution is 7.89. The molecule has 0 aliphatic rings. The Kier molecular flexibility index (Phi) is 2.23. The Balaban J connectivity index is 2.51. The van der Waals surface area contributed by atoms with Crippen molar-refractivity contribution in [2.45, 2.75) is 4.90 Å².